The van der Waals surface area contributed by atoms with Crippen molar-refractivity contribution in [2.75, 3.05) is 6.16 Å². The Bertz CT molecular complexity index is 630. The van der Waals surface area contributed by atoms with Gasteiger partial charge in [-0.1, -0.05) is 56.5 Å². The molecule has 0 atom stereocenters. The predicted molar refractivity (Wildman–Crippen MR) is 92.5 cm³/mol. The van der Waals surface area contributed by atoms with Crippen molar-refractivity contribution in [3.63, 3.8) is 0 Å². The topological polar surface area (TPSA) is 35.5 Å². The summed E-state index contributed by atoms with van der Waals surface area (Å²) in [5.74, 6) is 1.02. The minimum Gasteiger partial charge on any atom is -0.416 e. The largest absolute Gasteiger partial charge is 0.430 e. The SMILES string of the molecule is C=Cc1ccc(OP(=O)(CC)Oc2ccc(C=C)cc2)cc1. The lowest BCUT2D eigenvalue weighted by atomic mass is 10.2. The van der Waals surface area contributed by atoms with Gasteiger partial charge < -0.3 is 9.05 Å². The molecule has 2 aromatic carbocycles. The van der Waals surface area contributed by atoms with E-state index in [1.54, 1.807) is 43.3 Å². The first-order chi connectivity index (χ1) is 10.6. The van der Waals surface area contributed by atoms with Crippen molar-refractivity contribution in [3.05, 3.63) is 72.8 Å². The van der Waals surface area contributed by atoms with Gasteiger partial charge in [-0.25, -0.2) is 4.57 Å². The molecule has 4 heteroatoms. The number of hydrogen-bond donors (Lipinski definition) is 0. The first-order valence-corrected chi connectivity index (χ1v) is 8.74. The molecule has 0 N–H and O–H groups in total. The molecule has 22 heavy (non-hydrogen) atoms. The van der Waals surface area contributed by atoms with Gasteiger partial charge in [0.15, 0.2) is 0 Å². The highest BCUT2D eigenvalue weighted by atomic mass is 31.2. The van der Waals surface area contributed by atoms with Crippen LogP contribution in [0.25, 0.3) is 12.2 Å². The molecule has 0 aliphatic rings. The van der Waals surface area contributed by atoms with Crippen molar-refractivity contribution in [1.82, 2.24) is 0 Å². The molecule has 2 aromatic rings. The monoisotopic (exact) mass is 314 g/mol. The van der Waals surface area contributed by atoms with E-state index in [0.29, 0.717) is 11.5 Å². The summed E-state index contributed by atoms with van der Waals surface area (Å²) in [7, 11) is -3.24. The first-order valence-electron chi connectivity index (χ1n) is 7.02. The Balaban J connectivity index is 2.14. The zero-order valence-corrected chi connectivity index (χ0v) is 13.5. The molecule has 0 saturated carbocycles. The molecule has 0 unspecified atom stereocenters. The van der Waals surface area contributed by atoms with Crippen LogP contribution in [0.3, 0.4) is 0 Å². The van der Waals surface area contributed by atoms with Crippen molar-refractivity contribution in [3.8, 4) is 11.5 Å². The van der Waals surface area contributed by atoms with Crippen molar-refractivity contribution >= 4 is 19.7 Å². The smallest absolute Gasteiger partial charge is 0.416 e. The van der Waals surface area contributed by atoms with Crippen molar-refractivity contribution in [2.45, 2.75) is 6.92 Å². The molecule has 0 radical (unpaired) electrons. The van der Waals surface area contributed by atoms with Gasteiger partial charge in [0.1, 0.15) is 11.5 Å². The second kappa shape index (κ2) is 7.15. The third kappa shape index (κ3) is 4.12. The average molecular weight is 314 g/mol. The summed E-state index contributed by atoms with van der Waals surface area (Å²) < 4.78 is 23.9. The third-order valence-corrected chi connectivity index (χ3v) is 4.86. The Morgan fingerprint density at radius 1 is 0.864 bits per heavy atom. The molecule has 0 heterocycles. The molecule has 0 aromatic heterocycles. The zero-order chi connectivity index (χ0) is 16.0. The summed E-state index contributed by atoms with van der Waals surface area (Å²) in [5, 5.41) is 0. The van der Waals surface area contributed by atoms with Crippen LogP contribution in [-0.4, -0.2) is 6.16 Å². The lowest BCUT2D eigenvalue weighted by molar-refractivity contribution is 0.387. The molecular formula is C18H19O3P. The van der Waals surface area contributed by atoms with Crippen LogP contribution in [-0.2, 0) is 4.57 Å². The summed E-state index contributed by atoms with van der Waals surface area (Å²) in [6.07, 6.45) is 3.75. The lowest BCUT2D eigenvalue weighted by Gasteiger charge is -2.19. The minimum absolute atomic E-state index is 0.277. The summed E-state index contributed by atoms with van der Waals surface area (Å²) in [5.41, 5.74) is 1.94. The fraction of sp³-hybridized carbons (Fsp3) is 0.111. The Hall–Kier alpha value is -2.25. The molecule has 114 valence electrons. The second-order valence-corrected chi connectivity index (χ2v) is 6.88. The first kappa shape index (κ1) is 16.1. The van der Waals surface area contributed by atoms with Crippen LogP contribution in [0.4, 0.5) is 0 Å². The minimum atomic E-state index is -3.24. The molecule has 0 bridgehead atoms. The van der Waals surface area contributed by atoms with E-state index in [2.05, 4.69) is 13.2 Å². The highest BCUT2D eigenvalue weighted by Crippen LogP contribution is 2.48. The van der Waals surface area contributed by atoms with E-state index in [9.17, 15) is 4.57 Å². The Morgan fingerprint density at radius 3 is 1.50 bits per heavy atom. The van der Waals surface area contributed by atoms with Gasteiger partial charge in [-0.3, -0.25) is 0 Å². The maximum absolute atomic E-state index is 12.7. The molecule has 0 aliphatic carbocycles. The van der Waals surface area contributed by atoms with E-state index in [1.165, 1.54) is 0 Å². The molecule has 0 aliphatic heterocycles. The molecule has 0 saturated heterocycles. The fourth-order valence-corrected chi connectivity index (χ4v) is 2.98. The van der Waals surface area contributed by atoms with Gasteiger partial charge in [0, 0.05) is 0 Å². The predicted octanol–water partition coefficient (Wildman–Crippen LogP) is 5.64. The van der Waals surface area contributed by atoms with Crippen molar-refractivity contribution in [1.29, 1.82) is 0 Å². The maximum atomic E-state index is 12.7. The van der Waals surface area contributed by atoms with Crippen molar-refractivity contribution in [2.24, 2.45) is 0 Å². The average Bonchev–Trinajstić information content (AvgIpc) is 2.56. The van der Waals surface area contributed by atoms with Gasteiger partial charge in [-0.05, 0) is 35.4 Å². The molecule has 3 nitrogen and oxygen atoms in total. The van der Waals surface area contributed by atoms with Crippen molar-refractivity contribution < 1.29 is 13.6 Å². The van der Waals surface area contributed by atoms with Gasteiger partial charge in [-0.2, -0.15) is 0 Å². The number of benzene rings is 2. The molecule has 2 rings (SSSR count). The van der Waals surface area contributed by atoms with Crippen LogP contribution in [0, 0.1) is 0 Å². The Kier molecular flexibility index (Phi) is 5.24. The van der Waals surface area contributed by atoms with Gasteiger partial charge in [0.25, 0.3) is 0 Å². The van der Waals surface area contributed by atoms with Crippen LogP contribution in [0.2, 0.25) is 0 Å². The summed E-state index contributed by atoms with van der Waals surface area (Å²) in [6.45, 7) is 9.16. The van der Waals surface area contributed by atoms with Gasteiger partial charge in [0.2, 0.25) is 0 Å². The highest BCUT2D eigenvalue weighted by Gasteiger charge is 2.25. The second-order valence-electron chi connectivity index (χ2n) is 4.66. The summed E-state index contributed by atoms with van der Waals surface area (Å²) in [6, 6.07) is 14.4. The summed E-state index contributed by atoms with van der Waals surface area (Å²) >= 11 is 0. The number of rotatable bonds is 7. The molecule has 0 spiro atoms. The lowest BCUT2D eigenvalue weighted by Crippen LogP contribution is -2.03. The molecular weight excluding hydrogens is 295 g/mol. The van der Waals surface area contributed by atoms with Crippen LogP contribution in [0.15, 0.2) is 61.7 Å². The van der Waals surface area contributed by atoms with E-state index in [-0.39, 0.29) is 6.16 Å². The quantitative estimate of drug-likeness (QED) is 0.620. The Morgan fingerprint density at radius 2 is 1.23 bits per heavy atom. The molecule has 0 amide bonds. The highest BCUT2D eigenvalue weighted by molar-refractivity contribution is 7.54. The summed E-state index contributed by atoms with van der Waals surface area (Å²) in [4.78, 5) is 0. The van der Waals surface area contributed by atoms with Crippen LogP contribution in [0.1, 0.15) is 18.1 Å². The zero-order valence-electron chi connectivity index (χ0n) is 12.6. The van der Waals surface area contributed by atoms with E-state index < -0.39 is 7.60 Å². The van der Waals surface area contributed by atoms with E-state index in [0.717, 1.165) is 11.1 Å². The van der Waals surface area contributed by atoms with E-state index in [4.69, 9.17) is 9.05 Å². The van der Waals surface area contributed by atoms with Crippen LogP contribution in [0.5, 0.6) is 11.5 Å². The van der Waals surface area contributed by atoms with Gasteiger partial charge in [0.05, 0.1) is 6.16 Å². The maximum Gasteiger partial charge on any atom is 0.430 e. The number of hydrogen-bond acceptors (Lipinski definition) is 3. The van der Waals surface area contributed by atoms with Gasteiger partial charge >= 0.3 is 7.60 Å². The Labute approximate surface area is 131 Å². The van der Waals surface area contributed by atoms with E-state index in [1.807, 2.05) is 24.3 Å². The fourth-order valence-electron chi connectivity index (χ4n) is 1.80. The third-order valence-electron chi connectivity index (χ3n) is 3.11. The normalized spacial score (nSPS) is 10.8. The van der Waals surface area contributed by atoms with Crippen LogP contribution < -0.4 is 9.05 Å². The molecule has 0 fully saturated rings. The van der Waals surface area contributed by atoms with E-state index >= 15 is 0 Å². The van der Waals surface area contributed by atoms with Crippen LogP contribution >= 0.6 is 7.60 Å². The standard InChI is InChI=1S/C18H19O3P/c1-4-15-7-11-17(12-8-15)20-22(19,6-3)21-18-13-9-16(5-2)10-14-18/h4-5,7-14H,1-2,6H2,3H3. The van der Waals surface area contributed by atoms with Gasteiger partial charge in [-0.15, -0.1) is 0 Å².